The number of aromatic nitrogens is 3. The maximum Gasteiger partial charge on any atom is 0.451 e. The van der Waals surface area contributed by atoms with Crippen molar-refractivity contribution in [2.24, 2.45) is 17.6 Å². The zero-order valence-electron chi connectivity index (χ0n) is 10.00. The molecule has 0 aromatic carbocycles. The number of hydrogen-bond donors (Lipinski definition) is 3. The second kappa shape index (κ2) is 5.16. The lowest BCUT2D eigenvalue weighted by molar-refractivity contribution is -0.144. The molecule has 4 N–H and O–H groups in total. The Bertz CT molecular complexity index is 458. The van der Waals surface area contributed by atoms with E-state index in [0.29, 0.717) is 13.0 Å². The van der Waals surface area contributed by atoms with Crippen molar-refractivity contribution >= 4 is 11.9 Å². The number of anilines is 1. The molecule has 1 fully saturated rings. The van der Waals surface area contributed by atoms with Crippen LogP contribution in [0.3, 0.4) is 0 Å². The molecule has 1 aliphatic rings. The number of amides is 1. The third-order valence-corrected chi connectivity index (χ3v) is 3.29. The van der Waals surface area contributed by atoms with E-state index in [1.807, 2.05) is 0 Å². The van der Waals surface area contributed by atoms with Gasteiger partial charge in [0.05, 0.1) is 0 Å². The van der Waals surface area contributed by atoms with Crippen LogP contribution in [0.5, 0.6) is 0 Å². The summed E-state index contributed by atoms with van der Waals surface area (Å²) < 4.78 is 36.9. The average molecular weight is 277 g/mol. The van der Waals surface area contributed by atoms with Crippen LogP contribution in [0, 0.1) is 11.8 Å². The van der Waals surface area contributed by atoms with Gasteiger partial charge in [0.25, 0.3) is 0 Å². The van der Waals surface area contributed by atoms with Gasteiger partial charge in [0, 0.05) is 5.92 Å². The number of alkyl halides is 3. The molecule has 0 bridgehead atoms. The number of H-pyrrole nitrogens is 1. The van der Waals surface area contributed by atoms with Gasteiger partial charge in [-0.3, -0.25) is 15.2 Å². The molecular formula is C10H14F3N5O. The fraction of sp³-hybridized carbons (Fsp3) is 0.700. The van der Waals surface area contributed by atoms with Gasteiger partial charge < -0.3 is 5.73 Å². The summed E-state index contributed by atoms with van der Waals surface area (Å²) in [5.41, 5.74) is 5.55. The van der Waals surface area contributed by atoms with Crippen LogP contribution in [0.2, 0.25) is 0 Å². The van der Waals surface area contributed by atoms with Crippen LogP contribution in [0.1, 0.15) is 25.1 Å². The summed E-state index contributed by atoms with van der Waals surface area (Å²) in [7, 11) is 0. The zero-order valence-corrected chi connectivity index (χ0v) is 10.00. The number of nitrogens with two attached hydrogens (primary N) is 1. The molecule has 1 heterocycles. The molecule has 1 aromatic heterocycles. The van der Waals surface area contributed by atoms with Gasteiger partial charge in [0.1, 0.15) is 0 Å². The van der Waals surface area contributed by atoms with Gasteiger partial charge in [-0.2, -0.15) is 18.2 Å². The highest BCUT2D eigenvalue weighted by Gasteiger charge is 2.36. The summed E-state index contributed by atoms with van der Waals surface area (Å²) in [5.74, 6) is -2.18. The van der Waals surface area contributed by atoms with E-state index in [2.05, 4.69) is 15.4 Å². The van der Waals surface area contributed by atoms with Crippen LogP contribution in [0.25, 0.3) is 0 Å². The summed E-state index contributed by atoms with van der Waals surface area (Å²) in [6, 6.07) is 0. The van der Waals surface area contributed by atoms with Crippen LogP contribution in [0.4, 0.5) is 19.1 Å². The van der Waals surface area contributed by atoms with Gasteiger partial charge in [0.15, 0.2) is 0 Å². The first kappa shape index (κ1) is 13.8. The first-order valence-electron chi connectivity index (χ1n) is 5.92. The number of aromatic amines is 1. The minimum Gasteiger partial charge on any atom is -0.330 e. The van der Waals surface area contributed by atoms with E-state index in [4.69, 9.17) is 5.73 Å². The average Bonchev–Trinajstić information content (AvgIpc) is 2.95. The Hall–Kier alpha value is -1.64. The predicted octanol–water partition coefficient (Wildman–Crippen LogP) is 1.14. The second-order valence-electron chi connectivity index (χ2n) is 4.53. The van der Waals surface area contributed by atoms with Gasteiger partial charge in [-0.15, -0.1) is 5.10 Å². The van der Waals surface area contributed by atoms with Gasteiger partial charge in [-0.1, -0.05) is 6.42 Å². The van der Waals surface area contributed by atoms with E-state index >= 15 is 0 Å². The van der Waals surface area contributed by atoms with E-state index in [0.717, 1.165) is 12.8 Å². The Morgan fingerprint density at radius 1 is 1.47 bits per heavy atom. The fourth-order valence-corrected chi connectivity index (χ4v) is 2.31. The lowest BCUT2D eigenvalue weighted by Crippen LogP contribution is -2.30. The minimum atomic E-state index is -4.61. The van der Waals surface area contributed by atoms with Crippen molar-refractivity contribution in [3.8, 4) is 0 Å². The van der Waals surface area contributed by atoms with Crippen molar-refractivity contribution in [3.63, 3.8) is 0 Å². The summed E-state index contributed by atoms with van der Waals surface area (Å²) in [5, 5.41) is 7.36. The normalized spacial score (nSPS) is 23.6. The van der Waals surface area contributed by atoms with Crippen molar-refractivity contribution < 1.29 is 18.0 Å². The molecular weight excluding hydrogens is 263 g/mol. The second-order valence-corrected chi connectivity index (χ2v) is 4.53. The largest absolute Gasteiger partial charge is 0.451 e. The SMILES string of the molecule is NC[C@H]1CCC[C@H]1C(=O)Nc1n[nH]c(C(F)(F)F)n1. The molecule has 1 aliphatic carbocycles. The lowest BCUT2D eigenvalue weighted by atomic mass is 9.95. The van der Waals surface area contributed by atoms with Crippen LogP contribution < -0.4 is 11.1 Å². The van der Waals surface area contributed by atoms with Crippen molar-refractivity contribution in [2.45, 2.75) is 25.4 Å². The number of rotatable bonds is 3. The molecule has 1 amide bonds. The first-order valence-corrected chi connectivity index (χ1v) is 5.92. The molecule has 6 nitrogen and oxygen atoms in total. The molecule has 0 spiro atoms. The van der Waals surface area contributed by atoms with E-state index in [-0.39, 0.29) is 23.7 Å². The van der Waals surface area contributed by atoms with Gasteiger partial charge in [-0.05, 0) is 25.3 Å². The Morgan fingerprint density at radius 2 is 2.21 bits per heavy atom. The maximum absolute atomic E-state index is 12.3. The number of carbonyl (C=O) groups is 1. The fourth-order valence-electron chi connectivity index (χ4n) is 2.31. The predicted molar refractivity (Wildman–Crippen MR) is 59.9 cm³/mol. The van der Waals surface area contributed by atoms with Crippen molar-refractivity contribution in [2.75, 3.05) is 11.9 Å². The summed E-state index contributed by atoms with van der Waals surface area (Å²) in [4.78, 5) is 15.1. The molecule has 2 rings (SSSR count). The number of carbonyl (C=O) groups excluding carboxylic acids is 1. The molecule has 106 valence electrons. The Kier molecular flexibility index (Phi) is 3.74. The number of nitrogens with zero attached hydrogens (tertiary/aromatic N) is 2. The molecule has 0 unspecified atom stereocenters. The van der Waals surface area contributed by atoms with Gasteiger partial charge >= 0.3 is 6.18 Å². The minimum absolute atomic E-state index is 0.0704. The van der Waals surface area contributed by atoms with E-state index < -0.39 is 12.0 Å². The van der Waals surface area contributed by atoms with E-state index in [9.17, 15) is 18.0 Å². The molecule has 0 aliphatic heterocycles. The molecule has 0 radical (unpaired) electrons. The summed E-state index contributed by atoms with van der Waals surface area (Å²) in [6.07, 6.45) is -2.18. The monoisotopic (exact) mass is 277 g/mol. The molecule has 2 atom stereocenters. The summed E-state index contributed by atoms with van der Waals surface area (Å²) in [6.45, 7) is 0.389. The lowest BCUT2D eigenvalue weighted by Gasteiger charge is -2.15. The quantitative estimate of drug-likeness (QED) is 0.771. The van der Waals surface area contributed by atoms with E-state index in [1.54, 1.807) is 5.10 Å². The number of nitrogens with one attached hydrogen (secondary N) is 2. The number of hydrogen-bond acceptors (Lipinski definition) is 4. The van der Waals surface area contributed by atoms with Crippen LogP contribution in [-0.4, -0.2) is 27.6 Å². The standard InChI is InChI=1S/C10H14F3N5O/c11-10(12,13)8-16-9(18-17-8)15-7(19)6-3-1-2-5(6)4-14/h5-6H,1-4,14H2,(H2,15,16,17,18,19)/t5-,6-/m1/s1. The third kappa shape index (κ3) is 3.03. The highest BCUT2D eigenvalue weighted by molar-refractivity contribution is 5.91. The number of halogens is 3. The maximum atomic E-state index is 12.3. The smallest absolute Gasteiger partial charge is 0.330 e. The molecule has 19 heavy (non-hydrogen) atoms. The third-order valence-electron chi connectivity index (χ3n) is 3.29. The molecule has 9 heteroatoms. The van der Waals surface area contributed by atoms with Gasteiger partial charge in [0.2, 0.25) is 17.7 Å². The highest BCUT2D eigenvalue weighted by atomic mass is 19.4. The molecule has 0 saturated heterocycles. The van der Waals surface area contributed by atoms with Gasteiger partial charge in [-0.25, -0.2) is 0 Å². The van der Waals surface area contributed by atoms with Crippen LogP contribution >= 0.6 is 0 Å². The van der Waals surface area contributed by atoms with Crippen LogP contribution in [0.15, 0.2) is 0 Å². The Balaban J connectivity index is 2.01. The molecule has 1 saturated carbocycles. The Labute approximate surface area is 107 Å². The van der Waals surface area contributed by atoms with Crippen molar-refractivity contribution in [1.29, 1.82) is 0 Å². The zero-order chi connectivity index (χ0) is 14.0. The topological polar surface area (TPSA) is 96.7 Å². The van der Waals surface area contributed by atoms with Crippen molar-refractivity contribution in [3.05, 3.63) is 5.82 Å². The molecule has 1 aromatic rings. The first-order chi connectivity index (χ1) is 8.91. The van der Waals surface area contributed by atoms with E-state index in [1.165, 1.54) is 0 Å². The van der Waals surface area contributed by atoms with Crippen LogP contribution in [-0.2, 0) is 11.0 Å². The summed E-state index contributed by atoms with van der Waals surface area (Å²) >= 11 is 0. The highest BCUT2D eigenvalue weighted by Crippen LogP contribution is 2.32. The Morgan fingerprint density at radius 3 is 2.79 bits per heavy atom. The van der Waals surface area contributed by atoms with Crippen molar-refractivity contribution in [1.82, 2.24) is 15.2 Å².